The van der Waals surface area contributed by atoms with Gasteiger partial charge in [0.2, 0.25) is 5.43 Å². The molecule has 8 nitrogen and oxygen atoms in total. The van der Waals surface area contributed by atoms with Crippen LogP contribution in [0.3, 0.4) is 0 Å². The van der Waals surface area contributed by atoms with Crippen molar-refractivity contribution in [2.45, 2.75) is 51.5 Å². The zero-order chi connectivity index (χ0) is 23.2. The number of halogens is 2. The molecule has 2 heterocycles. The molecule has 3 atom stereocenters. The highest BCUT2D eigenvalue weighted by Crippen LogP contribution is 2.33. The van der Waals surface area contributed by atoms with E-state index in [0.29, 0.717) is 18.4 Å². The van der Waals surface area contributed by atoms with Crippen LogP contribution in [0, 0.1) is 17.6 Å². The van der Waals surface area contributed by atoms with Crippen molar-refractivity contribution in [2.75, 3.05) is 0 Å². The van der Waals surface area contributed by atoms with Crippen LogP contribution in [0.1, 0.15) is 52.6 Å². The molecule has 0 bridgehead atoms. The Bertz CT molecular complexity index is 1150. The summed E-state index contributed by atoms with van der Waals surface area (Å²) < 4.78 is 28.0. The van der Waals surface area contributed by atoms with E-state index in [1.165, 1.54) is 9.47 Å². The van der Waals surface area contributed by atoms with E-state index in [9.17, 15) is 33.4 Å². The third kappa shape index (κ3) is 3.86. The number of pyridine rings is 1. The number of hydrogen-bond donors (Lipinski definition) is 3. The molecule has 1 fully saturated rings. The highest BCUT2D eigenvalue weighted by Gasteiger charge is 2.41. The fourth-order valence-corrected chi connectivity index (χ4v) is 4.48. The average molecular weight is 447 g/mol. The summed E-state index contributed by atoms with van der Waals surface area (Å²) >= 11 is 0. The first-order valence-electron chi connectivity index (χ1n) is 10.4. The van der Waals surface area contributed by atoms with Crippen molar-refractivity contribution in [2.24, 2.45) is 5.92 Å². The highest BCUT2D eigenvalue weighted by molar-refractivity contribution is 5.99. The number of rotatable bonds is 4. The van der Waals surface area contributed by atoms with Gasteiger partial charge in [0.15, 0.2) is 11.4 Å². The van der Waals surface area contributed by atoms with Crippen LogP contribution < -0.4 is 10.7 Å². The molecule has 0 saturated heterocycles. The zero-order valence-corrected chi connectivity index (χ0v) is 17.3. The fourth-order valence-electron chi connectivity index (χ4n) is 4.48. The molecule has 4 rings (SSSR count). The van der Waals surface area contributed by atoms with Crippen LogP contribution in [-0.4, -0.2) is 43.8 Å². The van der Waals surface area contributed by atoms with E-state index < -0.39 is 46.4 Å². The van der Waals surface area contributed by atoms with Crippen LogP contribution in [-0.2, 0) is 13.1 Å². The third-order valence-corrected chi connectivity index (χ3v) is 6.13. The third-order valence-electron chi connectivity index (χ3n) is 6.13. The zero-order valence-electron chi connectivity index (χ0n) is 17.3. The summed E-state index contributed by atoms with van der Waals surface area (Å²) in [5.74, 6) is -3.67. The number of nitrogens with zero attached hydrogens (tertiary/aromatic N) is 2. The van der Waals surface area contributed by atoms with Crippen molar-refractivity contribution in [3.8, 4) is 5.75 Å². The maximum Gasteiger partial charge on any atom is 0.276 e. The normalized spacial score (nSPS) is 22.7. The van der Waals surface area contributed by atoms with Gasteiger partial charge >= 0.3 is 0 Å². The number of nitrogens with one attached hydrogen (secondary N) is 1. The molecule has 2 amide bonds. The molecule has 2 aromatic rings. The lowest BCUT2D eigenvalue weighted by Gasteiger charge is -2.38. The lowest BCUT2D eigenvalue weighted by atomic mass is 10.1. The van der Waals surface area contributed by atoms with Crippen molar-refractivity contribution in [3.05, 3.63) is 63.1 Å². The van der Waals surface area contributed by atoms with E-state index >= 15 is 0 Å². The second-order valence-corrected chi connectivity index (χ2v) is 8.40. The van der Waals surface area contributed by atoms with Crippen LogP contribution in [0.15, 0.2) is 29.2 Å². The van der Waals surface area contributed by atoms with Crippen LogP contribution >= 0.6 is 0 Å². The minimum atomic E-state index is -1.17. The predicted molar refractivity (Wildman–Crippen MR) is 109 cm³/mol. The van der Waals surface area contributed by atoms with Gasteiger partial charge < -0.3 is 25.0 Å². The van der Waals surface area contributed by atoms with Gasteiger partial charge in [0.05, 0.1) is 6.54 Å². The molecular formula is C22H23F2N3O5. The summed E-state index contributed by atoms with van der Waals surface area (Å²) in [5.41, 5.74) is -1.77. The Kier molecular flexibility index (Phi) is 5.72. The van der Waals surface area contributed by atoms with Gasteiger partial charge in [-0.2, -0.15) is 0 Å². The molecule has 1 saturated carbocycles. The standard InChI is InChI=1S/C22H23F2N3O5/c1-11-2-5-14(6-11)27-17(28)10-26-9-15(19(29)20(30)18(26)22(27)32)21(31)25-8-12-3-4-13(23)7-16(12)24/h3-4,7,9,11,14,17,28,30H,2,5-6,8,10H2,1H3,(H,25,31)/t11-,14+,17?/m1/s1. The number of carbonyl (C=O) groups excluding carboxylic acids is 2. The average Bonchev–Trinajstić information content (AvgIpc) is 3.15. The van der Waals surface area contributed by atoms with Crippen molar-refractivity contribution >= 4 is 11.8 Å². The first-order chi connectivity index (χ1) is 15.2. The molecule has 10 heteroatoms. The monoisotopic (exact) mass is 447 g/mol. The molecule has 1 aromatic carbocycles. The lowest BCUT2D eigenvalue weighted by molar-refractivity contribution is -0.0311. The van der Waals surface area contributed by atoms with E-state index in [1.807, 2.05) is 0 Å². The number of aromatic hydroxyl groups is 1. The maximum atomic E-state index is 13.8. The summed E-state index contributed by atoms with van der Waals surface area (Å²) in [5, 5.41) is 23.4. The first kappa shape index (κ1) is 21.9. The number of aromatic nitrogens is 1. The van der Waals surface area contributed by atoms with E-state index in [1.54, 1.807) is 0 Å². The Morgan fingerprint density at radius 2 is 2.00 bits per heavy atom. The molecule has 1 unspecified atom stereocenters. The highest BCUT2D eigenvalue weighted by atomic mass is 19.1. The van der Waals surface area contributed by atoms with E-state index in [0.717, 1.165) is 31.2 Å². The number of hydrogen-bond acceptors (Lipinski definition) is 5. The number of aliphatic hydroxyl groups excluding tert-OH is 1. The fraction of sp³-hybridized carbons (Fsp3) is 0.409. The molecule has 1 aliphatic heterocycles. The van der Waals surface area contributed by atoms with Gasteiger partial charge in [0.25, 0.3) is 11.8 Å². The van der Waals surface area contributed by atoms with Crippen molar-refractivity contribution in [3.63, 3.8) is 0 Å². The van der Waals surface area contributed by atoms with E-state index in [-0.39, 0.29) is 30.4 Å². The Morgan fingerprint density at radius 1 is 1.25 bits per heavy atom. The summed E-state index contributed by atoms with van der Waals surface area (Å²) in [7, 11) is 0. The molecular weight excluding hydrogens is 424 g/mol. The van der Waals surface area contributed by atoms with Gasteiger partial charge in [0, 0.05) is 30.4 Å². The molecule has 32 heavy (non-hydrogen) atoms. The number of aliphatic hydroxyl groups is 1. The Morgan fingerprint density at radius 3 is 2.66 bits per heavy atom. The predicted octanol–water partition coefficient (Wildman–Crippen LogP) is 1.72. The molecule has 0 spiro atoms. The Hall–Kier alpha value is -3.27. The molecule has 3 N–H and O–H groups in total. The summed E-state index contributed by atoms with van der Waals surface area (Å²) in [6, 6.07) is 2.68. The number of carbonyl (C=O) groups is 2. The maximum absolute atomic E-state index is 13.8. The van der Waals surface area contributed by atoms with Gasteiger partial charge in [-0.15, -0.1) is 0 Å². The van der Waals surface area contributed by atoms with Crippen LogP contribution in [0.5, 0.6) is 5.75 Å². The van der Waals surface area contributed by atoms with Gasteiger partial charge in [0.1, 0.15) is 23.4 Å². The minimum Gasteiger partial charge on any atom is -0.503 e. The SMILES string of the molecule is C[C@@H]1CC[C@H](N2C(=O)c3c(O)c(=O)c(C(=O)NCc4ccc(F)cc4F)cn3CC2O)C1. The van der Waals surface area contributed by atoms with Crippen molar-refractivity contribution in [1.29, 1.82) is 0 Å². The molecule has 0 radical (unpaired) electrons. The Labute approximate surface area is 182 Å². The quantitative estimate of drug-likeness (QED) is 0.661. The molecule has 170 valence electrons. The largest absolute Gasteiger partial charge is 0.503 e. The summed E-state index contributed by atoms with van der Waals surface area (Å²) in [6.07, 6.45) is 2.28. The van der Waals surface area contributed by atoms with E-state index in [2.05, 4.69) is 12.2 Å². The first-order valence-corrected chi connectivity index (χ1v) is 10.4. The molecule has 2 aliphatic rings. The number of fused-ring (bicyclic) bond motifs is 1. The van der Waals surface area contributed by atoms with Gasteiger partial charge in [-0.3, -0.25) is 14.4 Å². The second kappa shape index (κ2) is 8.34. The van der Waals surface area contributed by atoms with Crippen LogP contribution in [0.2, 0.25) is 0 Å². The van der Waals surface area contributed by atoms with Crippen LogP contribution in [0.25, 0.3) is 0 Å². The van der Waals surface area contributed by atoms with Gasteiger partial charge in [-0.1, -0.05) is 13.0 Å². The van der Waals surface area contributed by atoms with Crippen LogP contribution in [0.4, 0.5) is 8.78 Å². The smallest absolute Gasteiger partial charge is 0.276 e. The lowest BCUT2D eigenvalue weighted by Crippen LogP contribution is -2.53. The topological polar surface area (TPSA) is 112 Å². The van der Waals surface area contributed by atoms with Gasteiger partial charge in [-0.05, 0) is 31.2 Å². The number of amides is 2. The van der Waals surface area contributed by atoms with E-state index in [4.69, 9.17) is 0 Å². The number of benzene rings is 1. The Balaban J connectivity index is 1.60. The second-order valence-electron chi connectivity index (χ2n) is 8.40. The molecule has 1 aromatic heterocycles. The van der Waals surface area contributed by atoms with Crippen molar-refractivity contribution in [1.82, 2.24) is 14.8 Å². The minimum absolute atomic E-state index is 0.00840. The van der Waals surface area contributed by atoms with Gasteiger partial charge in [-0.25, -0.2) is 8.78 Å². The molecule has 1 aliphatic carbocycles. The summed E-state index contributed by atoms with van der Waals surface area (Å²) in [6.45, 7) is 1.62. The van der Waals surface area contributed by atoms with Crippen molar-refractivity contribution < 1.29 is 28.6 Å². The summed E-state index contributed by atoms with van der Waals surface area (Å²) in [4.78, 5) is 39.5.